The summed E-state index contributed by atoms with van der Waals surface area (Å²) in [5.41, 5.74) is 11.4. The number of benzene rings is 4. The Bertz CT molecular complexity index is 2210. The molecule has 0 N–H and O–H groups in total. The van der Waals surface area contributed by atoms with Gasteiger partial charge in [0.2, 0.25) is 17.6 Å². The van der Waals surface area contributed by atoms with E-state index in [0.717, 1.165) is 27.3 Å². The van der Waals surface area contributed by atoms with Gasteiger partial charge in [0.25, 0.3) is 0 Å². The van der Waals surface area contributed by atoms with E-state index in [1.165, 1.54) is 60.2 Å². The van der Waals surface area contributed by atoms with E-state index in [9.17, 15) is 0 Å². The van der Waals surface area contributed by atoms with Gasteiger partial charge in [-0.2, -0.15) is 4.98 Å². The number of aryl methyl sites for hydroxylation is 7. The number of rotatable bonds is 12. The van der Waals surface area contributed by atoms with Gasteiger partial charge in [-0.1, -0.05) is 106 Å². The van der Waals surface area contributed by atoms with Crippen LogP contribution in [-0.4, -0.2) is 38.4 Å². The molecule has 0 aliphatic heterocycles. The molecule has 1 atom stereocenters. The quantitative estimate of drug-likeness (QED) is 0.118. The molecular formula is C46H50N2O4P2. The van der Waals surface area contributed by atoms with Crippen molar-refractivity contribution in [3.8, 4) is 28.8 Å². The minimum atomic E-state index is -1.19. The highest BCUT2D eigenvalue weighted by atomic mass is 31.1. The van der Waals surface area contributed by atoms with Crippen molar-refractivity contribution in [1.82, 2.24) is 9.97 Å². The summed E-state index contributed by atoms with van der Waals surface area (Å²) in [5, 5.41) is 7.11. The molecule has 1 unspecified atom stereocenters. The molecule has 6 aromatic rings. The van der Waals surface area contributed by atoms with Gasteiger partial charge in [-0.25, -0.2) is 4.98 Å². The first-order chi connectivity index (χ1) is 25.9. The largest absolute Gasteiger partial charge is 0.481 e. The van der Waals surface area contributed by atoms with Crippen molar-refractivity contribution >= 4 is 47.7 Å². The summed E-state index contributed by atoms with van der Waals surface area (Å²) in [6.07, 6.45) is 1.95. The molecule has 0 fully saturated rings. The van der Waals surface area contributed by atoms with Crippen molar-refractivity contribution in [2.75, 3.05) is 28.4 Å². The van der Waals surface area contributed by atoms with Crippen molar-refractivity contribution in [3.63, 3.8) is 0 Å². The van der Waals surface area contributed by atoms with Crippen molar-refractivity contribution in [1.29, 1.82) is 0 Å². The molecule has 0 radical (unpaired) electrons. The molecular weight excluding hydrogens is 706 g/mol. The predicted molar refractivity (Wildman–Crippen MR) is 228 cm³/mol. The molecule has 54 heavy (non-hydrogen) atoms. The van der Waals surface area contributed by atoms with Crippen molar-refractivity contribution in [2.45, 2.75) is 55.1 Å². The van der Waals surface area contributed by atoms with E-state index in [4.69, 9.17) is 28.9 Å². The Morgan fingerprint density at radius 2 is 0.889 bits per heavy atom. The number of hydrogen-bond acceptors (Lipinski definition) is 6. The second kappa shape index (κ2) is 16.8. The highest BCUT2D eigenvalue weighted by Gasteiger charge is 2.31. The highest BCUT2D eigenvalue weighted by molar-refractivity contribution is 7.80. The fourth-order valence-electron chi connectivity index (χ4n) is 7.40. The van der Waals surface area contributed by atoms with Crippen LogP contribution < -0.4 is 46.0 Å². The normalized spacial score (nSPS) is 11.9. The fourth-order valence-corrected chi connectivity index (χ4v) is 13.1. The summed E-state index contributed by atoms with van der Waals surface area (Å²) in [4.78, 5) is 9.84. The maximum Gasteiger partial charge on any atom is 0.225 e. The third-order valence-corrected chi connectivity index (χ3v) is 14.0. The van der Waals surface area contributed by atoms with Crippen LogP contribution in [0.25, 0.3) is 11.1 Å². The first-order valence-electron chi connectivity index (χ1n) is 18.0. The molecule has 4 aromatic carbocycles. The molecule has 8 heteroatoms. The van der Waals surface area contributed by atoms with E-state index in [-0.39, 0.29) is 0 Å². The van der Waals surface area contributed by atoms with Crippen LogP contribution >= 0.6 is 15.8 Å². The fraction of sp³-hybridized carbons (Fsp3) is 0.261. The topological polar surface area (TPSA) is 62.7 Å². The van der Waals surface area contributed by atoms with E-state index < -0.39 is 15.8 Å². The molecule has 2 aromatic heterocycles. The third-order valence-electron chi connectivity index (χ3n) is 9.25. The lowest BCUT2D eigenvalue weighted by Gasteiger charge is -2.28. The van der Waals surface area contributed by atoms with Gasteiger partial charge in [0.05, 0.1) is 33.5 Å². The van der Waals surface area contributed by atoms with Gasteiger partial charge in [-0.3, -0.25) is 0 Å². The molecule has 0 aliphatic rings. The minimum Gasteiger partial charge on any atom is -0.481 e. The van der Waals surface area contributed by atoms with Gasteiger partial charge < -0.3 is 18.9 Å². The average Bonchev–Trinajstić information content (AvgIpc) is 3.10. The Balaban J connectivity index is 1.77. The summed E-state index contributed by atoms with van der Waals surface area (Å²) in [6.45, 7) is 15.7. The monoisotopic (exact) mass is 756 g/mol. The number of ether oxygens (including phenoxy) is 4. The van der Waals surface area contributed by atoms with Crippen LogP contribution in [0.5, 0.6) is 17.6 Å². The number of aromatic nitrogens is 2. The zero-order valence-electron chi connectivity index (χ0n) is 33.3. The molecule has 0 saturated carbocycles. The molecule has 0 amide bonds. The SMILES string of the molecule is COCc1cc(C)cc(P(c2cc(C)cc(C)c2)c2cc(OC)nc(OC)c2-c2cnc(OC)cc2P(c2cc(C)cc(C)c2)c2cc(C)cc(C)c2)c1. The summed E-state index contributed by atoms with van der Waals surface area (Å²) >= 11 is 0. The lowest BCUT2D eigenvalue weighted by Crippen LogP contribution is -2.28. The second-order valence-electron chi connectivity index (χ2n) is 14.1. The lowest BCUT2D eigenvalue weighted by atomic mass is 10.1. The highest BCUT2D eigenvalue weighted by Crippen LogP contribution is 2.45. The van der Waals surface area contributed by atoms with E-state index in [2.05, 4.69) is 133 Å². The Hall–Kier alpha value is -4.60. The molecule has 0 bridgehead atoms. The number of pyridine rings is 2. The van der Waals surface area contributed by atoms with Crippen LogP contribution in [0.15, 0.2) is 91.1 Å². The van der Waals surface area contributed by atoms with Gasteiger partial charge in [0, 0.05) is 36.3 Å². The Morgan fingerprint density at radius 3 is 1.33 bits per heavy atom. The maximum absolute atomic E-state index is 6.26. The van der Waals surface area contributed by atoms with Gasteiger partial charge in [0.15, 0.2) is 0 Å². The van der Waals surface area contributed by atoms with Gasteiger partial charge >= 0.3 is 0 Å². The van der Waals surface area contributed by atoms with E-state index in [1.807, 2.05) is 6.20 Å². The summed E-state index contributed by atoms with van der Waals surface area (Å²) in [6, 6.07) is 31.6. The van der Waals surface area contributed by atoms with Gasteiger partial charge in [0.1, 0.15) is 0 Å². The summed E-state index contributed by atoms with van der Waals surface area (Å²) in [5.74, 6) is 1.52. The Labute approximate surface area is 323 Å². The van der Waals surface area contributed by atoms with Crippen LogP contribution in [-0.2, 0) is 11.3 Å². The van der Waals surface area contributed by atoms with Crippen LogP contribution in [0.1, 0.15) is 44.5 Å². The standard InChI is InChI=1S/C46H50N2O4P2/c1-28-12-29(2)17-36(16-28)53(37-18-30(3)13-31(4)19-37)41-24-43(50-9)47-26-40(41)45-42(25-44(51-10)48-46(45)52-11)54(38-20-32(5)14-33(6)21-38)39-22-34(7)15-35(23-39)27-49-8/h12-26H,27H2,1-11H3. The van der Waals surface area contributed by atoms with Crippen LogP contribution in [0.3, 0.4) is 0 Å². The molecule has 278 valence electrons. The van der Waals surface area contributed by atoms with Crippen molar-refractivity contribution < 1.29 is 18.9 Å². The third kappa shape index (κ3) is 8.53. The molecule has 2 heterocycles. The number of nitrogens with zero attached hydrogens (tertiary/aromatic N) is 2. The van der Waals surface area contributed by atoms with E-state index in [0.29, 0.717) is 24.2 Å². The van der Waals surface area contributed by atoms with E-state index >= 15 is 0 Å². The van der Waals surface area contributed by atoms with Crippen LogP contribution in [0.2, 0.25) is 0 Å². The van der Waals surface area contributed by atoms with Gasteiger partial charge in [-0.05, 0) is 102 Å². The first-order valence-corrected chi connectivity index (χ1v) is 20.7. The Morgan fingerprint density at radius 1 is 0.463 bits per heavy atom. The zero-order chi connectivity index (χ0) is 38.7. The number of methoxy groups -OCH3 is 4. The smallest absolute Gasteiger partial charge is 0.225 e. The molecule has 6 rings (SSSR count). The second-order valence-corrected chi connectivity index (χ2v) is 18.5. The summed E-state index contributed by atoms with van der Waals surface area (Å²) in [7, 11) is 4.46. The molecule has 0 saturated heterocycles. The van der Waals surface area contributed by atoms with Crippen LogP contribution in [0.4, 0.5) is 0 Å². The lowest BCUT2D eigenvalue weighted by molar-refractivity contribution is 0.185. The van der Waals surface area contributed by atoms with Gasteiger partial charge in [-0.15, -0.1) is 0 Å². The van der Waals surface area contributed by atoms with E-state index in [1.54, 1.807) is 28.4 Å². The molecule has 0 spiro atoms. The Kier molecular flexibility index (Phi) is 12.2. The zero-order valence-corrected chi connectivity index (χ0v) is 35.1. The minimum absolute atomic E-state index is 0.481. The summed E-state index contributed by atoms with van der Waals surface area (Å²) < 4.78 is 23.7. The van der Waals surface area contributed by atoms with Crippen LogP contribution in [0, 0.1) is 48.5 Å². The predicted octanol–water partition coefficient (Wildman–Crippen LogP) is 7.99. The molecule has 6 nitrogen and oxygen atoms in total. The average molecular weight is 757 g/mol. The van der Waals surface area contributed by atoms with Crippen molar-refractivity contribution in [2.24, 2.45) is 0 Å². The number of hydrogen-bond donors (Lipinski definition) is 0. The first kappa shape index (κ1) is 39.1. The van der Waals surface area contributed by atoms with Crippen molar-refractivity contribution in [3.05, 3.63) is 136 Å². The maximum atomic E-state index is 6.26. The molecule has 0 aliphatic carbocycles.